The SMILES string of the molecule is Cc1nsc(Sc2ccc(F)cc2C(=O)O)n1. The second-order valence-electron chi connectivity index (χ2n) is 3.16. The molecule has 2 aromatic rings. The minimum absolute atomic E-state index is 0.0668. The molecule has 7 heteroatoms. The van der Waals surface area contributed by atoms with Gasteiger partial charge < -0.3 is 5.11 Å². The molecule has 0 atom stereocenters. The summed E-state index contributed by atoms with van der Waals surface area (Å²) in [6, 6.07) is 3.65. The van der Waals surface area contributed by atoms with Crippen molar-refractivity contribution in [3.63, 3.8) is 0 Å². The molecule has 2 rings (SSSR count). The normalized spacial score (nSPS) is 10.5. The largest absolute Gasteiger partial charge is 0.478 e. The van der Waals surface area contributed by atoms with Gasteiger partial charge in [-0.1, -0.05) is 11.8 Å². The number of aromatic nitrogens is 2. The van der Waals surface area contributed by atoms with Crippen LogP contribution < -0.4 is 0 Å². The van der Waals surface area contributed by atoms with Crippen LogP contribution in [0.4, 0.5) is 4.39 Å². The van der Waals surface area contributed by atoms with Gasteiger partial charge in [0, 0.05) is 4.90 Å². The zero-order valence-corrected chi connectivity index (χ0v) is 10.3. The fourth-order valence-electron chi connectivity index (χ4n) is 1.17. The van der Waals surface area contributed by atoms with Gasteiger partial charge in [-0.15, -0.1) is 0 Å². The van der Waals surface area contributed by atoms with Crippen LogP contribution in [0.5, 0.6) is 0 Å². The molecule has 4 nitrogen and oxygen atoms in total. The predicted octanol–water partition coefficient (Wildman–Crippen LogP) is 2.84. The first-order valence-corrected chi connectivity index (χ1v) is 6.16. The van der Waals surface area contributed by atoms with Gasteiger partial charge in [-0.25, -0.2) is 14.2 Å². The molecule has 0 radical (unpaired) electrons. The van der Waals surface area contributed by atoms with Crippen molar-refractivity contribution in [3.8, 4) is 0 Å². The van der Waals surface area contributed by atoms with E-state index in [1.165, 1.54) is 35.4 Å². The maximum atomic E-state index is 13.0. The van der Waals surface area contributed by atoms with Gasteiger partial charge in [0.15, 0.2) is 4.34 Å². The van der Waals surface area contributed by atoms with Gasteiger partial charge in [0.1, 0.15) is 11.6 Å². The Morgan fingerprint density at radius 2 is 2.29 bits per heavy atom. The summed E-state index contributed by atoms with van der Waals surface area (Å²) in [5.41, 5.74) is -0.0668. The van der Waals surface area contributed by atoms with Crippen LogP contribution in [0.25, 0.3) is 0 Å². The Morgan fingerprint density at radius 3 is 2.88 bits per heavy atom. The zero-order valence-electron chi connectivity index (χ0n) is 8.68. The smallest absolute Gasteiger partial charge is 0.336 e. The van der Waals surface area contributed by atoms with E-state index in [1.807, 2.05) is 0 Å². The van der Waals surface area contributed by atoms with Gasteiger partial charge in [0.2, 0.25) is 0 Å². The fraction of sp³-hybridized carbons (Fsp3) is 0.100. The lowest BCUT2D eigenvalue weighted by atomic mass is 10.2. The number of carboxylic acid groups (broad SMARTS) is 1. The zero-order chi connectivity index (χ0) is 12.4. The Hall–Kier alpha value is -1.47. The van der Waals surface area contributed by atoms with Crippen molar-refractivity contribution >= 4 is 29.3 Å². The lowest BCUT2D eigenvalue weighted by molar-refractivity contribution is 0.0692. The van der Waals surface area contributed by atoms with Crippen molar-refractivity contribution in [2.75, 3.05) is 0 Å². The Balaban J connectivity index is 2.35. The number of aromatic carboxylic acids is 1. The average molecular weight is 270 g/mol. The van der Waals surface area contributed by atoms with E-state index < -0.39 is 11.8 Å². The summed E-state index contributed by atoms with van der Waals surface area (Å²) in [6.45, 7) is 1.75. The van der Waals surface area contributed by atoms with Gasteiger partial charge in [0.25, 0.3) is 0 Å². The second-order valence-corrected chi connectivity index (χ2v) is 5.20. The van der Waals surface area contributed by atoms with E-state index in [2.05, 4.69) is 9.36 Å². The fourth-order valence-corrected chi connectivity index (χ4v) is 2.88. The first kappa shape index (κ1) is 12.0. The maximum absolute atomic E-state index is 13.0. The predicted molar refractivity (Wildman–Crippen MR) is 62.1 cm³/mol. The van der Waals surface area contributed by atoms with Crippen molar-refractivity contribution in [2.24, 2.45) is 0 Å². The summed E-state index contributed by atoms with van der Waals surface area (Å²) in [7, 11) is 0. The number of carbonyl (C=O) groups is 1. The molecule has 0 aliphatic heterocycles. The Bertz CT molecular complexity index is 571. The highest BCUT2D eigenvalue weighted by atomic mass is 32.2. The molecule has 88 valence electrons. The maximum Gasteiger partial charge on any atom is 0.336 e. The highest BCUT2D eigenvalue weighted by Gasteiger charge is 2.14. The van der Waals surface area contributed by atoms with Gasteiger partial charge in [-0.2, -0.15) is 4.37 Å². The molecule has 0 amide bonds. The van der Waals surface area contributed by atoms with E-state index in [4.69, 9.17) is 5.11 Å². The van der Waals surface area contributed by atoms with E-state index in [0.29, 0.717) is 15.1 Å². The molecule has 0 spiro atoms. The average Bonchev–Trinajstić information content (AvgIpc) is 2.66. The molecule has 0 fully saturated rings. The second kappa shape index (κ2) is 4.80. The van der Waals surface area contributed by atoms with Crippen molar-refractivity contribution in [1.29, 1.82) is 0 Å². The van der Waals surface area contributed by atoms with Crippen LogP contribution in [0, 0.1) is 12.7 Å². The van der Waals surface area contributed by atoms with Crippen LogP contribution in [0.15, 0.2) is 27.4 Å². The Morgan fingerprint density at radius 1 is 1.53 bits per heavy atom. The molecule has 17 heavy (non-hydrogen) atoms. The molecule has 1 aromatic heterocycles. The van der Waals surface area contributed by atoms with Crippen LogP contribution in [0.3, 0.4) is 0 Å². The lowest BCUT2D eigenvalue weighted by Crippen LogP contribution is -1.99. The van der Waals surface area contributed by atoms with E-state index >= 15 is 0 Å². The highest BCUT2D eigenvalue weighted by Crippen LogP contribution is 2.31. The standard InChI is InChI=1S/C10H7FN2O2S2/c1-5-12-10(17-13-5)16-8-3-2-6(11)4-7(8)9(14)15/h2-4H,1H3,(H,14,15). The number of benzene rings is 1. The minimum atomic E-state index is -1.16. The summed E-state index contributed by atoms with van der Waals surface area (Å²) >= 11 is 2.35. The first-order valence-electron chi connectivity index (χ1n) is 4.57. The van der Waals surface area contributed by atoms with Crippen LogP contribution in [0.1, 0.15) is 16.2 Å². The van der Waals surface area contributed by atoms with E-state index in [9.17, 15) is 9.18 Å². The lowest BCUT2D eigenvalue weighted by Gasteiger charge is -2.02. The Kier molecular flexibility index (Phi) is 3.39. The summed E-state index contributed by atoms with van der Waals surface area (Å²) in [5, 5.41) is 8.96. The summed E-state index contributed by atoms with van der Waals surface area (Å²) in [6.07, 6.45) is 0. The van der Waals surface area contributed by atoms with Gasteiger partial charge in [0.05, 0.1) is 5.56 Å². The molecule has 0 saturated heterocycles. The molecular formula is C10H7FN2O2S2. The molecule has 0 bridgehead atoms. The molecule has 1 N–H and O–H groups in total. The highest BCUT2D eigenvalue weighted by molar-refractivity contribution is 8.01. The third-order valence-corrected chi connectivity index (χ3v) is 3.80. The topological polar surface area (TPSA) is 63.1 Å². The molecular weight excluding hydrogens is 263 g/mol. The molecule has 0 unspecified atom stereocenters. The number of nitrogens with zero attached hydrogens (tertiary/aromatic N) is 2. The quantitative estimate of drug-likeness (QED) is 0.929. The number of hydrogen-bond donors (Lipinski definition) is 1. The van der Waals surface area contributed by atoms with Gasteiger partial charge in [-0.05, 0) is 36.7 Å². The van der Waals surface area contributed by atoms with Gasteiger partial charge >= 0.3 is 5.97 Å². The number of carboxylic acids is 1. The first-order chi connectivity index (χ1) is 8.06. The van der Waals surface area contributed by atoms with E-state index in [0.717, 1.165) is 6.07 Å². The summed E-state index contributed by atoms with van der Waals surface area (Å²) in [4.78, 5) is 15.5. The molecule has 0 aliphatic rings. The number of rotatable bonds is 3. The van der Waals surface area contributed by atoms with E-state index in [1.54, 1.807) is 6.92 Å². The third kappa shape index (κ3) is 2.80. The van der Waals surface area contributed by atoms with Crippen LogP contribution in [-0.2, 0) is 0 Å². The third-order valence-electron chi connectivity index (χ3n) is 1.88. The van der Waals surface area contributed by atoms with Crippen molar-refractivity contribution in [3.05, 3.63) is 35.4 Å². The molecule has 1 aromatic carbocycles. The number of halogens is 1. The van der Waals surface area contributed by atoms with E-state index in [-0.39, 0.29) is 5.56 Å². The number of aryl methyl sites for hydroxylation is 1. The summed E-state index contributed by atoms with van der Waals surface area (Å²) < 4.78 is 17.6. The van der Waals surface area contributed by atoms with Crippen molar-refractivity contribution in [2.45, 2.75) is 16.2 Å². The van der Waals surface area contributed by atoms with Crippen LogP contribution in [-0.4, -0.2) is 20.4 Å². The Labute approximate surface area is 105 Å². The van der Waals surface area contributed by atoms with Gasteiger partial charge in [-0.3, -0.25) is 0 Å². The van der Waals surface area contributed by atoms with Crippen LogP contribution >= 0.6 is 23.3 Å². The summed E-state index contributed by atoms with van der Waals surface area (Å²) in [5.74, 6) is -1.09. The van der Waals surface area contributed by atoms with Crippen molar-refractivity contribution in [1.82, 2.24) is 9.36 Å². The van der Waals surface area contributed by atoms with Crippen molar-refractivity contribution < 1.29 is 14.3 Å². The molecule has 0 saturated carbocycles. The molecule has 0 aliphatic carbocycles. The minimum Gasteiger partial charge on any atom is -0.478 e. The van der Waals surface area contributed by atoms with Crippen LogP contribution in [0.2, 0.25) is 0 Å². The molecule has 1 heterocycles. The monoisotopic (exact) mass is 270 g/mol. The number of hydrogen-bond acceptors (Lipinski definition) is 5.